The smallest absolute Gasteiger partial charge is 0.318 e. The zero-order chi connectivity index (χ0) is 46.1. The van der Waals surface area contributed by atoms with E-state index >= 15 is 0 Å². The van der Waals surface area contributed by atoms with Crippen LogP contribution in [-0.4, -0.2) is 116 Å². The molecular weight excluding hydrogens is 805 g/mol. The molecule has 1 aliphatic carbocycles. The lowest BCUT2D eigenvalue weighted by molar-refractivity contribution is -0.398. The first kappa shape index (κ1) is 48.8. The van der Waals surface area contributed by atoms with Gasteiger partial charge in [0.05, 0.1) is 53.2 Å². The van der Waals surface area contributed by atoms with Gasteiger partial charge in [-0.05, 0) is 115 Å². The van der Waals surface area contributed by atoms with E-state index in [1.54, 1.807) is 0 Å². The molecule has 2 amide bonds. The highest BCUT2D eigenvalue weighted by Crippen LogP contribution is 2.68. The Hall–Kier alpha value is -2.13. The molecule has 358 valence electrons. The van der Waals surface area contributed by atoms with E-state index < -0.39 is 81.9 Å². The number of rotatable bonds is 12. The van der Waals surface area contributed by atoms with Gasteiger partial charge in [0.25, 0.3) is 0 Å². The van der Waals surface area contributed by atoms with Gasteiger partial charge in [0, 0.05) is 42.7 Å². The molecule has 0 bridgehead atoms. The lowest BCUT2D eigenvalue weighted by Crippen LogP contribution is -2.66. The number of likely N-dealkylation sites (tertiary alicyclic amines) is 1. The quantitative estimate of drug-likeness (QED) is 0.141. The average Bonchev–Trinajstić information content (AvgIpc) is 3.70. The van der Waals surface area contributed by atoms with Gasteiger partial charge in [-0.1, -0.05) is 68.4 Å². The van der Waals surface area contributed by atoms with Gasteiger partial charge in [-0.2, -0.15) is 0 Å². The third-order valence-electron chi connectivity index (χ3n) is 18.1. The number of carbonyl (C=O) groups excluding carboxylic acids is 2. The van der Waals surface area contributed by atoms with Gasteiger partial charge in [-0.15, -0.1) is 0 Å². The van der Waals surface area contributed by atoms with Crippen molar-refractivity contribution in [2.45, 2.75) is 225 Å². The molecule has 7 aliphatic rings. The van der Waals surface area contributed by atoms with E-state index in [1.165, 1.54) is 0 Å². The Bertz CT molecular complexity index is 1720. The number of hydrogen-bond donors (Lipinski definition) is 4. The van der Waals surface area contributed by atoms with E-state index in [4.69, 9.17) is 23.7 Å². The molecule has 0 aromatic heterocycles. The number of aliphatic hydroxyl groups is 2. The summed E-state index contributed by atoms with van der Waals surface area (Å²) in [5.74, 6) is -4.84. The van der Waals surface area contributed by atoms with Crippen LogP contribution in [0.15, 0.2) is 12.2 Å². The maximum Gasteiger partial charge on any atom is 0.318 e. The van der Waals surface area contributed by atoms with Gasteiger partial charge in [-0.3, -0.25) is 9.59 Å². The van der Waals surface area contributed by atoms with Gasteiger partial charge in [0.2, 0.25) is 0 Å². The molecule has 6 heterocycles. The molecule has 5 saturated heterocycles. The number of carboxylic acid groups (broad SMARTS) is 1. The van der Waals surface area contributed by atoms with Crippen molar-refractivity contribution in [2.24, 2.45) is 46.8 Å². The van der Waals surface area contributed by atoms with Crippen molar-refractivity contribution in [1.29, 1.82) is 0 Å². The highest BCUT2D eigenvalue weighted by atomic mass is 16.8. The fourth-order valence-electron chi connectivity index (χ4n) is 13.2. The fraction of sp³-hybridized carbons (Fsp3) is 0.900. The van der Waals surface area contributed by atoms with Crippen molar-refractivity contribution in [3.63, 3.8) is 0 Å². The number of carbonyl (C=O) groups is 3. The molecule has 13 heteroatoms. The number of Topliss-reactive ketones (excluding diaryl/α,β-unsaturated/α-hetero) is 1. The van der Waals surface area contributed by atoms with Crippen molar-refractivity contribution in [3.8, 4) is 0 Å². The van der Waals surface area contributed by atoms with E-state index in [9.17, 15) is 29.7 Å². The van der Waals surface area contributed by atoms with Crippen LogP contribution in [-0.2, 0) is 33.3 Å². The second-order valence-corrected chi connectivity index (χ2v) is 22.1. The van der Waals surface area contributed by atoms with E-state index in [1.807, 2.05) is 58.6 Å². The van der Waals surface area contributed by atoms with Crippen molar-refractivity contribution in [2.75, 3.05) is 13.1 Å². The summed E-state index contributed by atoms with van der Waals surface area (Å²) < 4.78 is 35.1. The van der Waals surface area contributed by atoms with Crippen LogP contribution in [0, 0.1) is 46.8 Å². The Morgan fingerprint density at radius 1 is 0.873 bits per heavy atom. The van der Waals surface area contributed by atoms with Crippen LogP contribution in [0.2, 0.25) is 0 Å². The van der Waals surface area contributed by atoms with E-state index in [0.29, 0.717) is 83.2 Å². The second kappa shape index (κ2) is 17.8. The SMILES string of the molecule is CCC(C(=O)[C@@H](C)[C@@H](O)C1(C)C[C@]12O[C@@H]([C@@H](CC)C(=O)O)CC[C@@H]2C)[C@H]1O[C@]2(C=C[C@@H](NC(=O)N3CCC(C)CC3)[C@]3(CC[C@@](C)([C@H]4CC[C@](O)(CC)[C@H](C)O4)O3)O2)[C@H](C)C[C@@H]1C. The van der Waals surface area contributed by atoms with Crippen molar-refractivity contribution in [1.82, 2.24) is 10.2 Å². The fourth-order valence-corrected chi connectivity index (χ4v) is 13.2. The predicted octanol–water partition coefficient (Wildman–Crippen LogP) is 7.78. The third kappa shape index (κ3) is 8.47. The van der Waals surface area contributed by atoms with E-state index in [-0.39, 0.29) is 41.8 Å². The van der Waals surface area contributed by atoms with Crippen LogP contribution in [0.4, 0.5) is 4.79 Å². The summed E-state index contributed by atoms with van der Waals surface area (Å²) in [5, 5.41) is 36.7. The topological polar surface area (TPSA) is 173 Å². The highest BCUT2D eigenvalue weighted by molar-refractivity contribution is 5.84. The molecule has 6 fully saturated rings. The number of hydrogen-bond acceptors (Lipinski definition) is 10. The predicted molar refractivity (Wildman–Crippen MR) is 237 cm³/mol. The van der Waals surface area contributed by atoms with Crippen molar-refractivity contribution < 1.29 is 53.4 Å². The lowest BCUT2D eigenvalue weighted by atomic mass is 9.72. The summed E-state index contributed by atoms with van der Waals surface area (Å²) in [7, 11) is 0. The zero-order valence-corrected chi connectivity index (χ0v) is 40.3. The maximum absolute atomic E-state index is 14.9. The molecule has 4 N–H and O–H groups in total. The molecule has 63 heavy (non-hydrogen) atoms. The van der Waals surface area contributed by atoms with Gasteiger partial charge < -0.3 is 49.2 Å². The number of urea groups is 1. The third-order valence-corrected chi connectivity index (χ3v) is 18.1. The molecule has 0 aromatic rings. The Morgan fingerprint density at radius 3 is 2.17 bits per heavy atom. The first-order chi connectivity index (χ1) is 29.6. The Morgan fingerprint density at radius 2 is 1.56 bits per heavy atom. The zero-order valence-electron chi connectivity index (χ0n) is 40.3. The summed E-state index contributed by atoms with van der Waals surface area (Å²) in [4.78, 5) is 42.8. The molecule has 0 aromatic carbocycles. The lowest BCUT2D eigenvalue weighted by Gasteiger charge is -2.55. The molecule has 18 atom stereocenters. The van der Waals surface area contributed by atoms with Crippen LogP contribution >= 0.6 is 0 Å². The van der Waals surface area contributed by atoms with Crippen LogP contribution < -0.4 is 5.32 Å². The van der Waals surface area contributed by atoms with Crippen LogP contribution in [0.1, 0.15) is 160 Å². The summed E-state index contributed by atoms with van der Waals surface area (Å²) in [6.07, 6.45) is 9.76. The minimum absolute atomic E-state index is 0.00718. The number of carboxylic acids is 1. The largest absolute Gasteiger partial charge is 0.481 e. The van der Waals surface area contributed by atoms with E-state index in [2.05, 4.69) is 39.9 Å². The van der Waals surface area contributed by atoms with Crippen LogP contribution in [0.5, 0.6) is 0 Å². The van der Waals surface area contributed by atoms with Gasteiger partial charge in [0.1, 0.15) is 11.8 Å². The van der Waals surface area contributed by atoms with Gasteiger partial charge in [-0.25, -0.2) is 4.79 Å². The first-order valence-electron chi connectivity index (χ1n) is 24.9. The van der Waals surface area contributed by atoms with E-state index in [0.717, 1.165) is 19.3 Å². The molecular formula is C50H82N2O11. The van der Waals surface area contributed by atoms with Crippen LogP contribution in [0.3, 0.4) is 0 Å². The minimum Gasteiger partial charge on any atom is -0.481 e. The average molecular weight is 887 g/mol. The Balaban J connectivity index is 1.13. The number of ketones is 1. The molecule has 7 rings (SSSR count). The van der Waals surface area contributed by atoms with Gasteiger partial charge in [0.15, 0.2) is 11.6 Å². The monoisotopic (exact) mass is 887 g/mol. The molecule has 3 spiro atoms. The summed E-state index contributed by atoms with van der Waals surface area (Å²) in [5.41, 5.74) is -3.08. The Labute approximate surface area is 377 Å². The van der Waals surface area contributed by atoms with Gasteiger partial charge >= 0.3 is 12.0 Å². The van der Waals surface area contributed by atoms with Crippen molar-refractivity contribution >= 4 is 17.8 Å². The minimum atomic E-state index is -1.30. The molecule has 13 nitrogen and oxygen atoms in total. The second-order valence-electron chi connectivity index (χ2n) is 22.1. The number of aliphatic carboxylic acids is 1. The first-order valence-corrected chi connectivity index (χ1v) is 24.9. The summed E-state index contributed by atoms with van der Waals surface area (Å²) in [6, 6.07) is -0.783. The molecule has 0 radical (unpaired) electrons. The number of amides is 2. The summed E-state index contributed by atoms with van der Waals surface area (Å²) in [6.45, 7) is 23.6. The number of nitrogens with one attached hydrogen (secondary N) is 1. The number of aliphatic hydroxyl groups excluding tert-OH is 1. The maximum atomic E-state index is 14.9. The standard InChI is InChI=1S/C50H82N2O11/c1-12-35(43(55)56)37-16-15-31(6)48(60-37)28-45(48,10)42(54)33(8)40(53)36(13-2)41-30(5)27-32(7)49(61-41)22-17-38(51-44(57)52-25-19-29(4)20-26-52)50(63-49)24-23-46(11,62-50)39-18-21-47(58,14-3)34(9)59-39/h17,22,29-39,41-42,54,58H,12-16,18-21,23-28H2,1-11H3,(H,51,57)(H,55,56)/t30-,31-,32+,33+,34-,35+,36?,37+,38+,39+,41-,42+,45?,46-,47+,48+,49-,50-/m0/s1. The highest BCUT2D eigenvalue weighted by Gasteiger charge is 2.74. The normalized spacial score (nSPS) is 46.1. The molecule has 6 aliphatic heterocycles. The number of nitrogens with zero attached hydrogens (tertiary/aromatic N) is 1. The van der Waals surface area contributed by atoms with Crippen molar-refractivity contribution in [3.05, 3.63) is 12.2 Å². The summed E-state index contributed by atoms with van der Waals surface area (Å²) >= 11 is 0. The molecule has 1 saturated carbocycles. The number of piperidine rings is 1. The van der Waals surface area contributed by atoms with Crippen LogP contribution in [0.25, 0.3) is 0 Å². The Kier molecular flexibility index (Phi) is 13.8. The number of ether oxygens (including phenoxy) is 5. The molecule has 2 unspecified atom stereocenters.